The van der Waals surface area contributed by atoms with Crippen LogP contribution in [-0.4, -0.2) is 24.2 Å². The SMILES string of the molecule is COc1ccc(CNC(=O)C2CCCC2O)cc1Cl. The van der Waals surface area contributed by atoms with E-state index in [1.54, 1.807) is 19.2 Å². The molecular formula is C14H18ClNO3. The molecule has 1 amide bonds. The maximum atomic E-state index is 11.9. The summed E-state index contributed by atoms with van der Waals surface area (Å²) >= 11 is 6.02. The molecule has 0 spiro atoms. The second-order valence-corrected chi connectivity index (χ2v) is 5.20. The zero-order valence-electron chi connectivity index (χ0n) is 10.9. The van der Waals surface area contributed by atoms with Crippen LogP contribution in [0.5, 0.6) is 5.75 Å². The largest absolute Gasteiger partial charge is 0.495 e. The number of benzene rings is 1. The van der Waals surface area contributed by atoms with Crippen molar-refractivity contribution in [3.05, 3.63) is 28.8 Å². The maximum absolute atomic E-state index is 11.9. The van der Waals surface area contributed by atoms with E-state index in [1.807, 2.05) is 6.07 Å². The third-order valence-corrected chi connectivity index (χ3v) is 3.79. The van der Waals surface area contributed by atoms with E-state index in [4.69, 9.17) is 16.3 Å². The number of amides is 1. The summed E-state index contributed by atoms with van der Waals surface area (Å²) in [4.78, 5) is 11.9. The lowest BCUT2D eigenvalue weighted by Crippen LogP contribution is -2.34. The van der Waals surface area contributed by atoms with Crippen LogP contribution in [0.3, 0.4) is 0 Å². The number of nitrogens with one attached hydrogen (secondary N) is 1. The predicted molar refractivity (Wildman–Crippen MR) is 73.2 cm³/mol. The van der Waals surface area contributed by atoms with Crippen LogP contribution < -0.4 is 10.1 Å². The van der Waals surface area contributed by atoms with E-state index in [2.05, 4.69) is 5.32 Å². The Hall–Kier alpha value is -1.26. The Morgan fingerprint density at radius 1 is 1.53 bits per heavy atom. The van der Waals surface area contributed by atoms with Crippen molar-refractivity contribution in [2.45, 2.75) is 31.9 Å². The van der Waals surface area contributed by atoms with Gasteiger partial charge in [0.05, 0.1) is 24.2 Å². The standard InChI is InChI=1S/C14H18ClNO3/c1-19-13-6-5-9(7-11(13)15)8-16-14(18)10-3-2-4-12(10)17/h5-7,10,12,17H,2-4,8H2,1H3,(H,16,18). The summed E-state index contributed by atoms with van der Waals surface area (Å²) in [6.45, 7) is 0.408. The van der Waals surface area contributed by atoms with Gasteiger partial charge in [-0.25, -0.2) is 0 Å². The van der Waals surface area contributed by atoms with Gasteiger partial charge in [0.1, 0.15) is 5.75 Å². The number of rotatable bonds is 4. The van der Waals surface area contributed by atoms with Crippen molar-refractivity contribution in [2.75, 3.05) is 7.11 Å². The van der Waals surface area contributed by atoms with Gasteiger partial charge in [-0.1, -0.05) is 17.7 Å². The summed E-state index contributed by atoms with van der Waals surface area (Å²) in [6.07, 6.45) is 1.88. The number of aliphatic hydroxyl groups is 1. The van der Waals surface area contributed by atoms with Crippen molar-refractivity contribution in [3.8, 4) is 5.75 Å². The topological polar surface area (TPSA) is 58.6 Å². The van der Waals surface area contributed by atoms with Gasteiger partial charge in [0.25, 0.3) is 0 Å². The molecule has 2 rings (SSSR count). The molecule has 0 bridgehead atoms. The van der Waals surface area contributed by atoms with Crippen molar-refractivity contribution < 1.29 is 14.6 Å². The summed E-state index contributed by atoms with van der Waals surface area (Å²) in [7, 11) is 1.56. The quantitative estimate of drug-likeness (QED) is 0.890. The molecule has 1 aliphatic rings. The number of aliphatic hydroxyl groups excluding tert-OH is 1. The van der Waals surface area contributed by atoms with Gasteiger partial charge in [-0.05, 0) is 37.0 Å². The summed E-state index contributed by atoms with van der Waals surface area (Å²) in [5, 5.41) is 13.0. The van der Waals surface area contributed by atoms with Gasteiger partial charge < -0.3 is 15.2 Å². The molecule has 0 aliphatic heterocycles. The summed E-state index contributed by atoms with van der Waals surface area (Å²) < 4.78 is 5.07. The van der Waals surface area contributed by atoms with E-state index in [-0.39, 0.29) is 11.8 Å². The van der Waals surface area contributed by atoms with Gasteiger partial charge in [-0.15, -0.1) is 0 Å². The first-order chi connectivity index (χ1) is 9.11. The molecular weight excluding hydrogens is 266 g/mol. The first-order valence-corrected chi connectivity index (χ1v) is 6.78. The zero-order chi connectivity index (χ0) is 13.8. The van der Waals surface area contributed by atoms with E-state index in [9.17, 15) is 9.90 Å². The fraction of sp³-hybridized carbons (Fsp3) is 0.500. The highest BCUT2D eigenvalue weighted by Crippen LogP contribution is 2.26. The van der Waals surface area contributed by atoms with Crippen molar-refractivity contribution in [3.63, 3.8) is 0 Å². The molecule has 2 N–H and O–H groups in total. The molecule has 5 heteroatoms. The minimum Gasteiger partial charge on any atom is -0.495 e. The number of methoxy groups -OCH3 is 1. The fourth-order valence-electron chi connectivity index (χ4n) is 2.39. The van der Waals surface area contributed by atoms with Crippen molar-refractivity contribution in [1.82, 2.24) is 5.32 Å². The van der Waals surface area contributed by atoms with Crippen LogP contribution in [-0.2, 0) is 11.3 Å². The highest BCUT2D eigenvalue weighted by atomic mass is 35.5. The Kier molecular flexibility index (Phi) is 4.66. The number of hydrogen-bond donors (Lipinski definition) is 2. The lowest BCUT2D eigenvalue weighted by molar-refractivity contribution is -0.127. The highest BCUT2D eigenvalue weighted by Gasteiger charge is 2.31. The van der Waals surface area contributed by atoms with E-state index in [1.165, 1.54) is 0 Å². The van der Waals surface area contributed by atoms with Crippen molar-refractivity contribution in [1.29, 1.82) is 0 Å². The number of hydrogen-bond acceptors (Lipinski definition) is 3. The van der Waals surface area contributed by atoms with E-state index < -0.39 is 6.10 Å². The Labute approximate surface area is 117 Å². The van der Waals surface area contributed by atoms with Crippen LogP contribution in [0.2, 0.25) is 5.02 Å². The molecule has 1 aromatic carbocycles. The first kappa shape index (κ1) is 14.2. The number of carbonyl (C=O) groups excluding carboxylic acids is 1. The number of ether oxygens (including phenoxy) is 1. The smallest absolute Gasteiger partial charge is 0.225 e. The van der Waals surface area contributed by atoms with Crippen LogP contribution in [0.4, 0.5) is 0 Å². The average Bonchev–Trinajstić information content (AvgIpc) is 2.82. The lowest BCUT2D eigenvalue weighted by Gasteiger charge is -2.14. The van der Waals surface area contributed by atoms with Gasteiger partial charge in [0.2, 0.25) is 5.91 Å². The maximum Gasteiger partial charge on any atom is 0.225 e. The molecule has 4 nitrogen and oxygen atoms in total. The Morgan fingerprint density at radius 3 is 2.89 bits per heavy atom. The predicted octanol–water partition coefficient (Wildman–Crippen LogP) is 2.13. The van der Waals surface area contributed by atoms with Gasteiger partial charge in [0.15, 0.2) is 0 Å². The Balaban J connectivity index is 1.91. The van der Waals surface area contributed by atoms with Crippen LogP contribution in [0, 0.1) is 5.92 Å². The lowest BCUT2D eigenvalue weighted by atomic mass is 10.1. The van der Waals surface area contributed by atoms with Gasteiger partial charge in [0, 0.05) is 6.54 Å². The number of halogens is 1. The molecule has 0 radical (unpaired) electrons. The molecule has 1 aliphatic carbocycles. The third-order valence-electron chi connectivity index (χ3n) is 3.50. The molecule has 1 aromatic rings. The molecule has 0 aromatic heterocycles. The Morgan fingerprint density at radius 2 is 2.32 bits per heavy atom. The van der Waals surface area contributed by atoms with Crippen molar-refractivity contribution >= 4 is 17.5 Å². The van der Waals surface area contributed by atoms with Gasteiger partial charge in [-0.3, -0.25) is 4.79 Å². The van der Waals surface area contributed by atoms with E-state index in [0.29, 0.717) is 23.7 Å². The van der Waals surface area contributed by atoms with Crippen LogP contribution in [0.25, 0.3) is 0 Å². The van der Waals surface area contributed by atoms with Crippen LogP contribution in [0.1, 0.15) is 24.8 Å². The molecule has 19 heavy (non-hydrogen) atoms. The average molecular weight is 284 g/mol. The molecule has 1 saturated carbocycles. The fourth-order valence-corrected chi connectivity index (χ4v) is 2.67. The summed E-state index contributed by atoms with van der Waals surface area (Å²) in [6, 6.07) is 5.40. The van der Waals surface area contributed by atoms with E-state index >= 15 is 0 Å². The van der Waals surface area contributed by atoms with Gasteiger partial charge in [-0.2, -0.15) is 0 Å². The third kappa shape index (κ3) is 3.39. The zero-order valence-corrected chi connectivity index (χ0v) is 11.6. The second-order valence-electron chi connectivity index (χ2n) is 4.79. The summed E-state index contributed by atoms with van der Waals surface area (Å²) in [5.41, 5.74) is 0.909. The monoisotopic (exact) mass is 283 g/mol. The highest BCUT2D eigenvalue weighted by molar-refractivity contribution is 6.32. The molecule has 104 valence electrons. The second kappa shape index (κ2) is 6.26. The number of carbonyl (C=O) groups is 1. The summed E-state index contributed by atoms with van der Waals surface area (Å²) in [5.74, 6) is 0.258. The minimum atomic E-state index is -0.501. The molecule has 0 saturated heterocycles. The molecule has 1 fully saturated rings. The molecule has 0 heterocycles. The molecule has 2 unspecified atom stereocenters. The van der Waals surface area contributed by atoms with Crippen LogP contribution in [0.15, 0.2) is 18.2 Å². The first-order valence-electron chi connectivity index (χ1n) is 6.40. The minimum absolute atomic E-state index is 0.0862. The normalized spacial score (nSPS) is 22.3. The van der Waals surface area contributed by atoms with Gasteiger partial charge >= 0.3 is 0 Å². The molecule has 2 atom stereocenters. The van der Waals surface area contributed by atoms with Crippen LogP contribution >= 0.6 is 11.6 Å². The van der Waals surface area contributed by atoms with E-state index in [0.717, 1.165) is 18.4 Å². The van der Waals surface area contributed by atoms with Crippen molar-refractivity contribution in [2.24, 2.45) is 5.92 Å². The Bertz CT molecular complexity index is 464.